The van der Waals surface area contributed by atoms with Crippen LogP contribution in [0.2, 0.25) is 0 Å². The third-order valence-electron chi connectivity index (χ3n) is 5.03. The van der Waals surface area contributed by atoms with Gasteiger partial charge >= 0.3 is 10.1 Å². The molecule has 0 aliphatic carbocycles. The molecule has 3 rings (SSSR count). The first-order chi connectivity index (χ1) is 12.0. The Morgan fingerprint density at radius 2 is 1.96 bits per heavy atom. The monoisotopic (exact) mass is 366 g/mol. The van der Waals surface area contributed by atoms with Crippen LogP contribution in [0.25, 0.3) is 0 Å². The van der Waals surface area contributed by atoms with Gasteiger partial charge in [0.05, 0.1) is 0 Å². The molecule has 6 nitrogen and oxygen atoms in total. The van der Waals surface area contributed by atoms with Crippen LogP contribution in [0.5, 0.6) is 5.75 Å². The Morgan fingerprint density at radius 3 is 2.64 bits per heavy atom. The number of piperidine rings is 2. The van der Waals surface area contributed by atoms with Crippen LogP contribution in [0.4, 0.5) is 0 Å². The van der Waals surface area contributed by atoms with Crippen molar-refractivity contribution >= 4 is 15.9 Å². The van der Waals surface area contributed by atoms with Crippen molar-refractivity contribution in [3.63, 3.8) is 0 Å². The van der Waals surface area contributed by atoms with Crippen LogP contribution in [0.3, 0.4) is 0 Å². The van der Waals surface area contributed by atoms with Crippen molar-refractivity contribution in [2.45, 2.75) is 37.5 Å². The first-order valence-electron chi connectivity index (χ1n) is 8.95. The van der Waals surface area contributed by atoms with Gasteiger partial charge in [-0.25, -0.2) is 0 Å². The van der Waals surface area contributed by atoms with Gasteiger partial charge in [0, 0.05) is 11.5 Å². The molecule has 2 aliphatic rings. The Labute approximate surface area is 149 Å². The fourth-order valence-electron chi connectivity index (χ4n) is 3.47. The number of hydrogen-bond donors (Lipinski definition) is 1. The quantitative estimate of drug-likeness (QED) is 0.635. The number of hydrogen-bond acceptors (Lipinski definition) is 6. The second-order valence-corrected chi connectivity index (χ2v) is 8.71. The lowest BCUT2D eigenvalue weighted by Crippen LogP contribution is -2.42. The molecule has 2 heterocycles. The Kier molecular flexibility index (Phi) is 5.76. The highest BCUT2D eigenvalue weighted by atomic mass is 32.2. The lowest BCUT2D eigenvalue weighted by Gasteiger charge is -2.28. The Bertz CT molecular complexity index is 706. The summed E-state index contributed by atoms with van der Waals surface area (Å²) in [6.45, 7) is 2.50. The molecule has 0 aromatic heterocycles. The van der Waals surface area contributed by atoms with E-state index in [0.29, 0.717) is 18.5 Å². The molecule has 0 bridgehead atoms. The summed E-state index contributed by atoms with van der Waals surface area (Å²) < 4.78 is 30.1. The minimum Gasteiger partial charge on any atom is -0.381 e. The fraction of sp³-hybridized carbons (Fsp3) is 0.611. The highest BCUT2D eigenvalue weighted by Gasteiger charge is 2.29. The first kappa shape index (κ1) is 18.4. The molecule has 0 spiro atoms. The van der Waals surface area contributed by atoms with Gasteiger partial charge in [0.2, 0.25) is 0 Å². The van der Waals surface area contributed by atoms with Crippen molar-refractivity contribution in [3.05, 3.63) is 29.8 Å². The van der Waals surface area contributed by atoms with Gasteiger partial charge < -0.3 is 9.08 Å². The molecule has 1 atom stereocenters. The largest absolute Gasteiger partial charge is 0.381 e. The number of nitrogens with one attached hydrogen (secondary N) is 1. The predicted octanol–water partition coefficient (Wildman–Crippen LogP) is 2.02. The number of benzene rings is 1. The smallest absolute Gasteiger partial charge is 0.325 e. The van der Waals surface area contributed by atoms with Crippen LogP contribution in [0.15, 0.2) is 24.3 Å². The van der Waals surface area contributed by atoms with E-state index in [0.717, 1.165) is 38.8 Å². The summed E-state index contributed by atoms with van der Waals surface area (Å²) in [6.07, 6.45) is 4.08. The molecule has 1 aromatic rings. The minimum absolute atomic E-state index is 0.00284. The van der Waals surface area contributed by atoms with Gasteiger partial charge in [-0.3, -0.25) is 10.1 Å². The van der Waals surface area contributed by atoms with Crippen molar-refractivity contribution in [2.24, 2.45) is 5.92 Å². The van der Waals surface area contributed by atoms with Gasteiger partial charge in [0.25, 0.3) is 0 Å². The van der Waals surface area contributed by atoms with E-state index in [1.165, 1.54) is 0 Å². The SMILES string of the molecule is CN1CCC(C(=O)c2cccc(OS(=O)(=O)C3CCCCN3)c2)CC1. The zero-order valence-electron chi connectivity index (χ0n) is 14.6. The molecule has 0 saturated carbocycles. The third kappa shape index (κ3) is 4.59. The van der Waals surface area contributed by atoms with Gasteiger partial charge in [-0.05, 0) is 70.9 Å². The number of carbonyl (C=O) groups excluding carboxylic acids is 1. The average molecular weight is 366 g/mol. The molecule has 2 aliphatic heterocycles. The fourth-order valence-corrected chi connectivity index (χ4v) is 4.73. The highest BCUT2D eigenvalue weighted by molar-refractivity contribution is 7.87. The first-order valence-corrected chi connectivity index (χ1v) is 10.4. The predicted molar refractivity (Wildman–Crippen MR) is 96.2 cm³/mol. The molecule has 138 valence electrons. The van der Waals surface area contributed by atoms with Crippen molar-refractivity contribution < 1.29 is 17.4 Å². The van der Waals surface area contributed by atoms with Crippen LogP contribution < -0.4 is 9.50 Å². The summed E-state index contributed by atoms with van der Waals surface area (Å²) in [5.74, 6) is 0.293. The maximum atomic E-state index is 12.7. The number of nitrogens with zero attached hydrogens (tertiary/aromatic N) is 1. The van der Waals surface area contributed by atoms with Gasteiger partial charge in [0.1, 0.15) is 11.1 Å². The van der Waals surface area contributed by atoms with Crippen LogP contribution in [0.1, 0.15) is 42.5 Å². The van der Waals surface area contributed by atoms with Crippen LogP contribution in [0, 0.1) is 5.92 Å². The third-order valence-corrected chi connectivity index (χ3v) is 6.56. The Hall–Kier alpha value is -1.44. The zero-order chi connectivity index (χ0) is 17.9. The molecule has 1 unspecified atom stereocenters. The normalized spacial score (nSPS) is 23.3. The van der Waals surface area contributed by atoms with E-state index in [9.17, 15) is 13.2 Å². The van der Waals surface area contributed by atoms with Crippen molar-refractivity contribution in [1.82, 2.24) is 10.2 Å². The molecule has 2 fully saturated rings. The maximum absolute atomic E-state index is 12.7. The number of rotatable bonds is 5. The number of likely N-dealkylation sites (tertiary alicyclic amines) is 1. The van der Waals surface area contributed by atoms with E-state index in [2.05, 4.69) is 17.3 Å². The van der Waals surface area contributed by atoms with Gasteiger partial charge in [-0.15, -0.1) is 0 Å². The molecule has 0 amide bonds. The van der Waals surface area contributed by atoms with E-state index >= 15 is 0 Å². The van der Waals surface area contributed by atoms with E-state index in [1.54, 1.807) is 24.3 Å². The molecule has 1 aromatic carbocycles. The van der Waals surface area contributed by atoms with Gasteiger partial charge in [-0.1, -0.05) is 12.1 Å². The summed E-state index contributed by atoms with van der Waals surface area (Å²) in [4.78, 5) is 14.9. The maximum Gasteiger partial charge on any atom is 0.325 e. The van der Waals surface area contributed by atoms with Crippen LogP contribution in [-0.2, 0) is 10.1 Å². The van der Waals surface area contributed by atoms with E-state index in [1.807, 2.05) is 0 Å². The molecule has 25 heavy (non-hydrogen) atoms. The number of Topliss-reactive ketones (excluding diaryl/α,β-unsaturated/α-hetero) is 1. The second-order valence-electron chi connectivity index (χ2n) is 6.98. The van der Waals surface area contributed by atoms with E-state index in [-0.39, 0.29) is 17.5 Å². The molecular formula is C18H26N2O4S. The van der Waals surface area contributed by atoms with Crippen molar-refractivity contribution in [1.29, 1.82) is 0 Å². The van der Waals surface area contributed by atoms with E-state index in [4.69, 9.17) is 4.18 Å². The van der Waals surface area contributed by atoms with Gasteiger partial charge in [-0.2, -0.15) is 8.42 Å². The number of carbonyl (C=O) groups is 1. The van der Waals surface area contributed by atoms with E-state index < -0.39 is 15.5 Å². The molecule has 7 heteroatoms. The summed E-state index contributed by atoms with van der Waals surface area (Å²) in [5, 5.41) is 2.32. The lowest BCUT2D eigenvalue weighted by molar-refractivity contribution is 0.0856. The van der Waals surface area contributed by atoms with Crippen molar-refractivity contribution in [2.75, 3.05) is 26.7 Å². The topological polar surface area (TPSA) is 75.7 Å². The Balaban J connectivity index is 1.69. The van der Waals surface area contributed by atoms with Crippen LogP contribution in [-0.4, -0.2) is 51.2 Å². The summed E-state index contributed by atoms with van der Waals surface area (Å²) >= 11 is 0. The molecule has 0 radical (unpaired) electrons. The molecule has 1 N–H and O–H groups in total. The zero-order valence-corrected chi connectivity index (χ0v) is 15.4. The Morgan fingerprint density at radius 1 is 1.20 bits per heavy atom. The number of ketones is 1. The summed E-state index contributed by atoms with van der Waals surface area (Å²) in [7, 11) is -1.69. The highest BCUT2D eigenvalue weighted by Crippen LogP contribution is 2.25. The molecular weight excluding hydrogens is 340 g/mol. The molecule has 2 saturated heterocycles. The van der Waals surface area contributed by atoms with Gasteiger partial charge in [0.15, 0.2) is 5.78 Å². The summed E-state index contributed by atoms with van der Waals surface area (Å²) in [6, 6.07) is 6.56. The second kappa shape index (κ2) is 7.85. The summed E-state index contributed by atoms with van der Waals surface area (Å²) in [5.41, 5.74) is 0.527. The minimum atomic E-state index is -3.74. The lowest BCUT2D eigenvalue weighted by atomic mass is 9.89. The van der Waals surface area contributed by atoms with Crippen molar-refractivity contribution in [3.8, 4) is 5.75 Å². The average Bonchev–Trinajstić information content (AvgIpc) is 2.62. The van der Waals surface area contributed by atoms with Crippen LogP contribution >= 0.6 is 0 Å². The standard InChI is InChI=1S/C18H26N2O4S/c1-20-11-8-14(9-12-20)18(21)15-5-4-6-16(13-15)24-25(22,23)17-7-2-3-10-19-17/h4-6,13-14,17,19H,2-3,7-12H2,1H3.